The number of nitrogens with one attached hydrogen (secondary N) is 1. The molecule has 0 aliphatic heterocycles. The van der Waals surface area contributed by atoms with Gasteiger partial charge < -0.3 is 5.32 Å². The number of rotatable bonds is 7. The van der Waals surface area contributed by atoms with Gasteiger partial charge in [0.15, 0.2) is 0 Å². The van der Waals surface area contributed by atoms with Crippen LogP contribution in [-0.2, 0) is 14.8 Å². The molecule has 0 aliphatic rings. The van der Waals surface area contributed by atoms with Gasteiger partial charge in [-0.1, -0.05) is 36.4 Å². The van der Waals surface area contributed by atoms with Crippen molar-refractivity contribution >= 4 is 33.0 Å². The van der Waals surface area contributed by atoms with Crippen molar-refractivity contribution < 1.29 is 18.1 Å². The second-order valence-electron chi connectivity index (χ2n) is 6.97. The zero-order valence-electron chi connectivity index (χ0n) is 17.0. The lowest BCUT2D eigenvalue weighted by atomic mass is 10.2. The van der Waals surface area contributed by atoms with E-state index in [1.165, 1.54) is 30.3 Å². The summed E-state index contributed by atoms with van der Waals surface area (Å²) >= 11 is 0. The van der Waals surface area contributed by atoms with Crippen molar-refractivity contribution in [1.82, 2.24) is 0 Å². The summed E-state index contributed by atoms with van der Waals surface area (Å²) in [6.07, 6.45) is 0. The molecule has 0 fully saturated rings. The van der Waals surface area contributed by atoms with E-state index in [0.29, 0.717) is 11.3 Å². The molecule has 0 atom stereocenters. The molecule has 3 aromatic carbocycles. The maximum atomic E-state index is 13.3. The molecule has 160 valence electrons. The first kappa shape index (κ1) is 22.0. The van der Waals surface area contributed by atoms with Gasteiger partial charge in [0.1, 0.15) is 6.54 Å². The lowest BCUT2D eigenvalue weighted by Crippen LogP contribution is -2.38. The Morgan fingerprint density at radius 2 is 1.71 bits per heavy atom. The Hall–Kier alpha value is -3.72. The Labute approximate surface area is 180 Å². The van der Waals surface area contributed by atoms with Crippen LogP contribution in [-0.4, -0.2) is 25.8 Å². The van der Waals surface area contributed by atoms with Crippen molar-refractivity contribution in [2.24, 2.45) is 0 Å². The third-order valence-corrected chi connectivity index (χ3v) is 6.40. The minimum absolute atomic E-state index is 0.0517. The highest BCUT2D eigenvalue weighted by Gasteiger charge is 2.27. The molecule has 3 rings (SSSR count). The van der Waals surface area contributed by atoms with Crippen LogP contribution in [0.1, 0.15) is 11.1 Å². The fourth-order valence-corrected chi connectivity index (χ4v) is 4.43. The Kier molecular flexibility index (Phi) is 6.36. The lowest BCUT2D eigenvalue weighted by Gasteiger charge is -2.24. The first-order valence-corrected chi connectivity index (χ1v) is 10.8. The molecule has 0 saturated heterocycles. The second-order valence-corrected chi connectivity index (χ2v) is 8.83. The van der Waals surface area contributed by atoms with E-state index < -0.39 is 27.4 Å². The summed E-state index contributed by atoms with van der Waals surface area (Å²) in [5.41, 5.74) is 1.87. The summed E-state index contributed by atoms with van der Waals surface area (Å²) in [5, 5.41) is 13.6. The van der Waals surface area contributed by atoms with E-state index in [4.69, 9.17) is 0 Å². The van der Waals surface area contributed by atoms with E-state index in [0.717, 1.165) is 9.87 Å². The Balaban J connectivity index is 1.95. The van der Waals surface area contributed by atoms with Gasteiger partial charge in [-0.3, -0.25) is 19.2 Å². The molecule has 0 radical (unpaired) electrons. The quantitative estimate of drug-likeness (QED) is 0.441. The highest BCUT2D eigenvalue weighted by Crippen LogP contribution is 2.26. The first-order valence-electron chi connectivity index (χ1n) is 9.38. The van der Waals surface area contributed by atoms with Gasteiger partial charge in [0.25, 0.3) is 15.7 Å². The average molecular weight is 439 g/mol. The normalized spacial score (nSPS) is 11.0. The van der Waals surface area contributed by atoms with Crippen LogP contribution in [0.3, 0.4) is 0 Å². The maximum Gasteiger partial charge on any atom is 0.271 e. The number of anilines is 2. The van der Waals surface area contributed by atoms with E-state index in [1.807, 2.05) is 13.0 Å². The van der Waals surface area contributed by atoms with Crippen molar-refractivity contribution in [3.05, 3.63) is 94.0 Å². The molecular weight excluding hydrogens is 418 g/mol. The number of hydrogen-bond donors (Lipinski definition) is 1. The molecule has 0 saturated carbocycles. The fourth-order valence-electron chi connectivity index (χ4n) is 3.00. The molecular formula is C22H21N3O5S. The number of amides is 1. The minimum Gasteiger partial charge on any atom is -0.324 e. The van der Waals surface area contributed by atoms with Crippen LogP contribution in [0.2, 0.25) is 0 Å². The van der Waals surface area contributed by atoms with Gasteiger partial charge in [-0.25, -0.2) is 8.42 Å². The molecule has 0 unspecified atom stereocenters. The molecule has 0 aliphatic carbocycles. The first-order chi connectivity index (χ1) is 14.7. The highest BCUT2D eigenvalue weighted by atomic mass is 32.2. The van der Waals surface area contributed by atoms with Crippen molar-refractivity contribution in [1.29, 1.82) is 0 Å². The number of hydrogen-bond acceptors (Lipinski definition) is 5. The van der Waals surface area contributed by atoms with Gasteiger partial charge in [-0.05, 0) is 49.2 Å². The topological polar surface area (TPSA) is 110 Å². The Morgan fingerprint density at radius 3 is 2.35 bits per heavy atom. The van der Waals surface area contributed by atoms with E-state index in [-0.39, 0.29) is 16.3 Å². The average Bonchev–Trinajstić information content (AvgIpc) is 2.74. The molecule has 3 aromatic rings. The van der Waals surface area contributed by atoms with Crippen molar-refractivity contribution in [3.8, 4) is 0 Å². The van der Waals surface area contributed by atoms with Crippen LogP contribution in [0, 0.1) is 24.0 Å². The molecule has 1 amide bonds. The number of sulfonamides is 1. The SMILES string of the molecule is Cc1cccc(N(CC(=O)Nc2cc([N+](=O)[O-])ccc2C)S(=O)(=O)c2ccccc2)c1. The van der Waals surface area contributed by atoms with Crippen molar-refractivity contribution in [2.45, 2.75) is 18.7 Å². The Morgan fingerprint density at radius 1 is 1.00 bits per heavy atom. The van der Waals surface area contributed by atoms with Crippen LogP contribution in [0.25, 0.3) is 0 Å². The summed E-state index contributed by atoms with van der Waals surface area (Å²) in [6, 6.07) is 18.7. The molecule has 0 spiro atoms. The predicted molar refractivity (Wildman–Crippen MR) is 119 cm³/mol. The zero-order valence-corrected chi connectivity index (χ0v) is 17.8. The summed E-state index contributed by atoms with van der Waals surface area (Å²) < 4.78 is 27.6. The molecule has 1 N–H and O–H groups in total. The van der Waals surface area contributed by atoms with Gasteiger partial charge in [-0.15, -0.1) is 0 Å². The van der Waals surface area contributed by atoms with E-state index in [1.54, 1.807) is 43.3 Å². The number of nitro groups is 1. The third kappa shape index (κ3) is 5.07. The Bertz CT molecular complexity index is 1230. The lowest BCUT2D eigenvalue weighted by molar-refractivity contribution is -0.384. The van der Waals surface area contributed by atoms with Gasteiger partial charge in [0, 0.05) is 12.1 Å². The van der Waals surface area contributed by atoms with Crippen molar-refractivity contribution in [2.75, 3.05) is 16.2 Å². The zero-order chi connectivity index (χ0) is 22.6. The van der Waals surface area contributed by atoms with Crippen LogP contribution in [0.5, 0.6) is 0 Å². The standard InChI is InChI=1S/C22H21N3O5S/c1-16-7-6-8-18(13-16)24(31(29,30)20-9-4-3-5-10-20)15-22(26)23-21-14-19(25(27)28)12-11-17(21)2/h3-14H,15H2,1-2H3,(H,23,26). The molecule has 0 bridgehead atoms. The van der Waals surface area contributed by atoms with Crippen molar-refractivity contribution in [3.63, 3.8) is 0 Å². The van der Waals surface area contributed by atoms with Crippen LogP contribution < -0.4 is 9.62 Å². The summed E-state index contributed by atoms with van der Waals surface area (Å²) in [5.74, 6) is -0.621. The van der Waals surface area contributed by atoms with E-state index >= 15 is 0 Å². The van der Waals surface area contributed by atoms with Crippen LogP contribution >= 0.6 is 0 Å². The largest absolute Gasteiger partial charge is 0.324 e. The van der Waals surface area contributed by atoms with E-state index in [2.05, 4.69) is 5.32 Å². The number of nitro benzene ring substituents is 1. The number of aryl methyl sites for hydroxylation is 2. The number of non-ortho nitro benzene ring substituents is 1. The fraction of sp³-hybridized carbons (Fsp3) is 0.136. The van der Waals surface area contributed by atoms with Crippen LogP contribution in [0.4, 0.5) is 17.1 Å². The van der Waals surface area contributed by atoms with Gasteiger partial charge >= 0.3 is 0 Å². The smallest absolute Gasteiger partial charge is 0.271 e. The number of carbonyl (C=O) groups excluding carboxylic acids is 1. The minimum atomic E-state index is -4.03. The van der Waals surface area contributed by atoms with Gasteiger partial charge in [0.2, 0.25) is 5.91 Å². The predicted octanol–water partition coefficient (Wildman–Crippen LogP) is 4.05. The van der Waals surface area contributed by atoms with E-state index in [9.17, 15) is 23.3 Å². The van der Waals surface area contributed by atoms with Gasteiger partial charge in [-0.2, -0.15) is 0 Å². The molecule has 0 heterocycles. The number of nitrogens with zero attached hydrogens (tertiary/aromatic N) is 2. The molecule has 9 heteroatoms. The molecule has 31 heavy (non-hydrogen) atoms. The summed E-state index contributed by atoms with van der Waals surface area (Å²) in [6.45, 7) is 3.02. The third-order valence-electron chi connectivity index (χ3n) is 4.61. The second kappa shape index (κ2) is 8.97. The molecule has 8 nitrogen and oxygen atoms in total. The monoisotopic (exact) mass is 439 g/mol. The number of benzene rings is 3. The van der Waals surface area contributed by atoms with Crippen LogP contribution in [0.15, 0.2) is 77.7 Å². The summed E-state index contributed by atoms with van der Waals surface area (Å²) in [7, 11) is -4.03. The number of carbonyl (C=O) groups is 1. The molecule has 0 aromatic heterocycles. The van der Waals surface area contributed by atoms with Gasteiger partial charge in [0.05, 0.1) is 21.2 Å². The summed E-state index contributed by atoms with van der Waals surface area (Å²) in [4.78, 5) is 23.3. The maximum absolute atomic E-state index is 13.3. The highest BCUT2D eigenvalue weighted by molar-refractivity contribution is 7.92.